The zero-order valence-electron chi connectivity index (χ0n) is 14.4. The highest BCUT2D eigenvalue weighted by Gasteiger charge is 2.15. The summed E-state index contributed by atoms with van der Waals surface area (Å²) in [5.41, 5.74) is 1.93. The van der Waals surface area contributed by atoms with E-state index in [9.17, 15) is 8.42 Å². The molecule has 3 aromatic carbocycles. The van der Waals surface area contributed by atoms with Gasteiger partial charge in [-0.1, -0.05) is 29.8 Å². The quantitative estimate of drug-likeness (QED) is 0.507. The lowest BCUT2D eigenvalue weighted by molar-refractivity contribution is 0.584. The summed E-state index contributed by atoms with van der Waals surface area (Å²) in [6.07, 6.45) is 0. The van der Waals surface area contributed by atoms with Gasteiger partial charge in [-0.2, -0.15) is 0 Å². The Morgan fingerprint density at radius 1 is 0.750 bits per heavy atom. The molecule has 0 fully saturated rings. The number of rotatable bonds is 5. The minimum absolute atomic E-state index is 0.130. The van der Waals surface area contributed by atoms with E-state index in [0.29, 0.717) is 28.1 Å². The van der Waals surface area contributed by atoms with Gasteiger partial charge in [0, 0.05) is 21.8 Å². The Hall–Kier alpha value is -3.16. The maximum Gasteiger partial charge on any atom is 0.261 e. The second kappa shape index (κ2) is 7.46. The van der Waals surface area contributed by atoms with Gasteiger partial charge in [-0.25, -0.2) is 8.42 Å². The molecule has 8 heteroatoms. The smallest absolute Gasteiger partial charge is 0.261 e. The van der Waals surface area contributed by atoms with E-state index in [1.807, 2.05) is 30.3 Å². The zero-order chi connectivity index (χ0) is 19.6. The fraction of sp³-hybridized carbons (Fsp3) is 0. The predicted octanol–water partition coefficient (Wildman–Crippen LogP) is 4.86. The third kappa shape index (κ3) is 3.90. The van der Waals surface area contributed by atoms with Crippen molar-refractivity contribution in [2.75, 3.05) is 4.72 Å². The van der Waals surface area contributed by atoms with Crippen LogP contribution in [0.2, 0.25) is 5.02 Å². The van der Waals surface area contributed by atoms with E-state index in [-0.39, 0.29) is 4.90 Å². The molecule has 0 unspecified atom stereocenters. The molecule has 0 radical (unpaired) electrons. The summed E-state index contributed by atoms with van der Waals surface area (Å²) in [5, 5.41) is 8.58. The fourth-order valence-electron chi connectivity index (χ4n) is 2.55. The standard InChI is InChI=1S/C20H14ClN3O3S/c21-16-8-12-18(13-9-16)28(25,26)24-17-10-6-15(7-11-17)20-23-22-19(27-20)14-4-2-1-3-5-14/h1-13,24H. The van der Waals surface area contributed by atoms with E-state index >= 15 is 0 Å². The van der Waals surface area contributed by atoms with Crippen molar-refractivity contribution in [3.05, 3.63) is 83.9 Å². The lowest BCUT2D eigenvalue weighted by atomic mass is 10.2. The second-order valence-corrected chi connectivity index (χ2v) is 8.03. The van der Waals surface area contributed by atoms with Gasteiger partial charge in [-0.3, -0.25) is 4.72 Å². The van der Waals surface area contributed by atoms with Crippen LogP contribution < -0.4 is 4.72 Å². The van der Waals surface area contributed by atoms with Crippen molar-refractivity contribution in [1.29, 1.82) is 0 Å². The molecular weight excluding hydrogens is 398 g/mol. The average Bonchev–Trinajstić information content (AvgIpc) is 3.19. The van der Waals surface area contributed by atoms with Crippen molar-refractivity contribution in [1.82, 2.24) is 10.2 Å². The molecule has 0 bridgehead atoms. The molecule has 0 amide bonds. The largest absolute Gasteiger partial charge is 0.416 e. The van der Waals surface area contributed by atoms with E-state index in [0.717, 1.165) is 5.56 Å². The molecule has 1 aromatic heterocycles. The Bertz CT molecular complexity index is 1190. The van der Waals surface area contributed by atoms with Gasteiger partial charge in [0.15, 0.2) is 0 Å². The number of benzene rings is 3. The van der Waals surface area contributed by atoms with Crippen LogP contribution in [0.25, 0.3) is 22.9 Å². The van der Waals surface area contributed by atoms with E-state index in [2.05, 4.69) is 14.9 Å². The summed E-state index contributed by atoms with van der Waals surface area (Å²) in [5.74, 6) is 0.772. The first-order chi connectivity index (χ1) is 13.5. The highest BCUT2D eigenvalue weighted by molar-refractivity contribution is 7.92. The number of halogens is 1. The lowest BCUT2D eigenvalue weighted by Gasteiger charge is -2.08. The minimum atomic E-state index is -3.70. The molecule has 0 aliphatic rings. The van der Waals surface area contributed by atoms with Crippen LogP contribution in [-0.2, 0) is 10.0 Å². The van der Waals surface area contributed by atoms with Gasteiger partial charge in [0.1, 0.15) is 0 Å². The normalized spacial score (nSPS) is 11.3. The molecular formula is C20H14ClN3O3S. The average molecular weight is 412 g/mol. The molecule has 0 aliphatic carbocycles. The molecule has 0 saturated heterocycles. The maximum absolute atomic E-state index is 12.4. The monoisotopic (exact) mass is 411 g/mol. The van der Waals surface area contributed by atoms with E-state index in [1.165, 1.54) is 24.3 Å². The van der Waals surface area contributed by atoms with Crippen LogP contribution in [0.5, 0.6) is 0 Å². The zero-order valence-corrected chi connectivity index (χ0v) is 16.0. The van der Waals surface area contributed by atoms with Crippen LogP contribution in [0.3, 0.4) is 0 Å². The molecule has 0 atom stereocenters. The maximum atomic E-state index is 12.4. The summed E-state index contributed by atoms with van der Waals surface area (Å²) in [6.45, 7) is 0. The first-order valence-electron chi connectivity index (χ1n) is 8.29. The van der Waals surface area contributed by atoms with Crippen molar-refractivity contribution >= 4 is 27.3 Å². The Kier molecular flexibility index (Phi) is 4.85. The van der Waals surface area contributed by atoms with Crippen molar-refractivity contribution in [3.63, 3.8) is 0 Å². The van der Waals surface area contributed by atoms with Gasteiger partial charge >= 0.3 is 0 Å². The fourth-order valence-corrected chi connectivity index (χ4v) is 3.73. The molecule has 1 N–H and O–H groups in total. The highest BCUT2D eigenvalue weighted by atomic mass is 35.5. The van der Waals surface area contributed by atoms with Crippen molar-refractivity contribution in [2.24, 2.45) is 0 Å². The van der Waals surface area contributed by atoms with Gasteiger partial charge in [0.2, 0.25) is 11.8 Å². The highest BCUT2D eigenvalue weighted by Crippen LogP contribution is 2.25. The lowest BCUT2D eigenvalue weighted by Crippen LogP contribution is -2.12. The molecule has 0 saturated carbocycles. The minimum Gasteiger partial charge on any atom is -0.416 e. The van der Waals surface area contributed by atoms with Gasteiger partial charge < -0.3 is 4.42 Å². The number of nitrogens with one attached hydrogen (secondary N) is 1. The van der Waals surface area contributed by atoms with E-state index < -0.39 is 10.0 Å². The summed E-state index contributed by atoms with van der Waals surface area (Å²) in [6, 6.07) is 22.1. The number of hydrogen-bond donors (Lipinski definition) is 1. The summed E-state index contributed by atoms with van der Waals surface area (Å²) >= 11 is 5.80. The van der Waals surface area contributed by atoms with E-state index in [4.69, 9.17) is 16.0 Å². The molecule has 1 heterocycles. The molecule has 140 valence electrons. The predicted molar refractivity (Wildman–Crippen MR) is 107 cm³/mol. The third-order valence-corrected chi connectivity index (χ3v) is 5.60. The van der Waals surface area contributed by atoms with Crippen LogP contribution in [0, 0.1) is 0 Å². The number of sulfonamides is 1. The van der Waals surface area contributed by atoms with Crippen molar-refractivity contribution < 1.29 is 12.8 Å². The molecule has 0 aliphatic heterocycles. The van der Waals surface area contributed by atoms with Crippen LogP contribution in [0.1, 0.15) is 0 Å². The van der Waals surface area contributed by atoms with Crippen LogP contribution in [0.15, 0.2) is 88.2 Å². The first-order valence-corrected chi connectivity index (χ1v) is 10.2. The Morgan fingerprint density at radius 3 is 1.93 bits per heavy atom. The van der Waals surface area contributed by atoms with E-state index in [1.54, 1.807) is 24.3 Å². The summed E-state index contributed by atoms with van der Waals surface area (Å²) < 4.78 is 33.1. The summed E-state index contributed by atoms with van der Waals surface area (Å²) in [4.78, 5) is 0.130. The van der Waals surface area contributed by atoms with Crippen LogP contribution >= 0.6 is 11.6 Å². The number of hydrogen-bond acceptors (Lipinski definition) is 5. The third-order valence-electron chi connectivity index (χ3n) is 3.95. The van der Waals surface area contributed by atoms with Crippen molar-refractivity contribution in [2.45, 2.75) is 4.90 Å². The van der Waals surface area contributed by atoms with Gasteiger partial charge in [-0.05, 0) is 60.7 Å². The Morgan fingerprint density at radius 2 is 1.32 bits per heavy atom. The van der Waals surface area contributed by atoms with Crippen molar-refractivity contribution in [3.8, 4) is 22.9 Å². The molecule has 0 spiro atoms. The van der Waals surface area contributed by atoms with Crippen LogP contribution in [0.4, 0.5) is 5.69 Å². The SMILES string of the molecule is O=S(=O)(Nc1ccc(-c2nnc(-c3ccccc3)o2)cc1)c1ccc(Cl)cc1. The first kappa shape index (κ1) is 18.2. The Labute approximate surface area is 166 Å². The van der Waals surface area contributed by atoms with Gasteiger partial charge in [0.25, 0.3) is 10.0 Å². The van der Waals surface area contributed by atoms with Gasteiger partial charge in [-0.15, -0.1) is 10.2 Å². The van der Waals surface area contributed by atoms with Crippen LogP contribution in [-0.4, -0.2) is 18.6 Å². The number of anilines is 1. The topological polar surface area (TPSA) is 85.1 Å². The molecule has 4 aromatic rings. The molecule has 6 nitrogen and oxygen atoms in total. The van der Waals surface area contributed by atoms with Gasteiger partial charge in [0.05, 0.1) is 4.90 Å². The second-order valence-electron chi connectivity index (χ2n) is 5.92. The number of aromatic nitrogens is 2. The Balaban J connectivity index is 1.53. The summed E-state index contributed by atoms with van der Waals surface area (Å²) in [7, 11) is -3.70. The molecule has 28 heavy (non-hydrogen) atoms. The number of nitrogens with zero attached hydrogens (tertiary/aromatic N) is 2. The molecule has 4 rings (SSSR count).